The predicted molar refractivity (Wildman–Crippen MR) is 123 cm³/mol. The van der Waals surface area contributed by atoms with Gasteiger partial charge in [-0.15, -0.1) is 0 Å². The lowest BCUT2D eigenvalue weighted by Gasteiger charge is -2.20. The summed E-state index contributed by atoms with van der Waals surface area (Å²) in [5.74, 6) is -0.381. The maximum atomic E-state index is 12.7. The zero-order valence-corrected chi connectivity index (χ0v) is 19.1. The topological polar surface area (TPSA) is 93.7 Å². The first-order valence-electron chi connectivity index (χ1n) is 9.55. The van der Waals surface area contributed by atoms with E-state index in [1.807, 2.05) is 6.26 Å². The van der Waals surface area contributed by atoms with Crippen LogP contribution in [0.2, 0.25) is 5.02 Å². The molecule has 0 bridgehead atoms. The molecule has 0 spiro atoms. The van der Waals surface area contributed by atoms with Crippen molar-refractivity contribution in [2.24, 2.45) is 0 Å². The van der Waals surface area contributed by atoms with Crippen LogP contribution in [0.15, 0.2) is 48.5 Å². The molecule has 31 heavy (non-hydrogen) atoms. The summed E-state index contributed by atoms with van der Waals surface area (Å²) in [6, 6.07) is 12.4. The maximum absolute atomic E-state index is 12.7. The molecule has 2 aromatic rings. The van der Waals surface area contributed by atoms with E-state index in [1.165, 1.54) is 18.7 Å². The van der Waals surface area contributed by atoms with E-state index in [1.54, 1.807) is 55.6 Å². The second-order valence-corrected chi connectivity index (χ2v) is 7.98. The van der Waals surface area contributed by atoms with Crippen molar-refractivity contribution < 1.29 is 23.9 Å². The van der Waals surface area contributed by atoms with E-state index < -0.39 is 29.9 Å². The van der Waals surface area contributed by atoms with E-state index in [2.05, 4.69) is 10.6 Å². The summed E-state index contributed by atoms with van der Waals surface area (Å²) < 4.78 is 10.4. The van der Waals surface area contributed by atoms with E-state index >= 15 is 0 Å². The number of anilines is 1. The zero-order valence-electron chi connectivity index (χ0n) is 17.5. The fourth-order valence-corrected chi connectivity index (χ4v) is 3.29. The van der Waals surface area contributed by atoms with E-state index in [-0.39, 0.29) is 10.6 Å². The third-order valence-corrected chi connectivity index (χ3v) is 5.31. The van der Waals surface area contributed by atoms with Gasteiger partial charge in [-0.2, -0.15) is 11.8 Å². The Kier molecular flexibility index (Phi) is 9.68. The van der Waals surface area contributed by atoms with Crippen molar-refractivity contribution >= 4 is 46.8 Å². The van der Waals surface area contributed by atoms with Gasteiger partial charge in [0.15, 0.2) is 6.10 Å². The first-order valence-corrected chi connectivity index (χ1v) is 11.3. The molecule has 2 rings (SSSR count). The highest BCUT2D eigenvalue weighted by molar-refractivity contribution is 7.98. The minimum atomic E-state index is -1.05. The fourth-order valence-electron chi connectivity index (χ4n) is 2.59. The van der Waals surface area contributed by atoms with Crippen LogP contribution in [0, 0.1) is 0 Å². The third kappa shape index (κ3) is 7.48. The number of amides is 2. The van der Waals surface area contributed by atoms with Gasteiger partial charge in [0, 0.05) is 5.69 Å². The lowest BCUT2D eigenvalue weighted by atomic mass is 10.1. The van der Waals surface area contributed by atoms with Crippen LogP contribution in [-0.2, 0) is 14.3 Å². The van der Waals surface area contributed by atoms with E-state index in [0.29, 0.717) is 23.6 Å². The number of methoxy groups -OCH3 is 1. The van der Waals surface area contributed by atoms with Gasteiger partial charge in [0.1, 0.15) is 11.8 Å². The van der Waals surface area contributed by atoms with Crippen molar-refractivity contribution in [1.82, 2.24) is 5.32 Å². The van der Waals surface area contributed by atoms with E-state index in [9.17, 15) is 14.4 Å². The molecule has 2 aromatic carbocycles. The highest BCUT2D eigenvalue weighted by atomic mass is 35.5. The van der Waals surface area contributed by atoms with Gasteiger partial charge >= 0.3 is 5.97 Å². The van der Waals surface area contributed by atoms with Crippen molar-refractivity contribution in [3.63, 3.8) is 0 Å². The summed E-state index contributed by atoms with van der Waals surface area (Å²) in [6.07, 6.45) is 1.19. The Labute approximate surface area is 190 Å². The van der Waals surface area contributed by atoms with Gasteiger partial charge in [-0.05, 0) is 61.8 Å². The molecule has 166 valence electrons. The molecule has 9 heteroatoms. The van der Waals surface area contributed by atoms with Gasteiger partial charge in [-0.1, -0.05) is 23.7 Å². The number of esters is 1. The Hall–Kier alpha value is -2.71. The number of rotatable bonds is 10. The average Bonchev–Trinajstić information content (AvgIpc) is 2.77. The number of benzene rings is 2. The molecule has 0 heterocycles. The van der Waals surface area contributed by atoms with Crippen LogP contribution in [0.3, 0.4) is 0 Å². The first-order chi connectivity index (χ1) is 14.8. The van der Waals surface area contributed by atoms with Gasteiger partial charge in [0.25, 0.3) is 11.8 Å². The van der Waals surface area contributed by atoms with Crippen molar-refractivity contribution in [2.45, 2.75) is 25.5 Å². The highest BCUT2D eigenvalue weighted by Crippen LogP contribution is 2.17. The molecule has 2 amide bonds. The number of hydrogen-bond acceptors (Lipinski definition) is 6. The number of carbonyl (C=O) groups excluding carboxylic acids is 3. The minimum absolute atomic E-state index is 0.261. The van der Waals surface area contributed by atoms with Crippen LogP contribution >= 0.6 is 23.4 Å². The zero-order chi connectivity index (χ0) is 22.8. The number of hydrogen-bond donors (Lipinski definition) is 2. The maximum Gasteiger partial charge on any atom is 0.329 e. The van der Waals surface area contributed by atoms with Crippen LogP contribution in [0.25, 0.3) is 0 Å². The molecule has 0 saturated heterocycles. The smallest absolute Gasteiger partial charge is 0.329 e. The third-order valence-electron chi connectivity index (χ3n) is 4.34. The van der Waals surface area contributed by atoms with Crippen LogP contribution in [0.5, 0.6) is 5.75 Å². The Morgan fingerprint density at radius 2 is 1.77 bits per heavy atom. The quantitative estimate of drug-likeness (QED) is 0.520. The molecule has 2 unspecified atom stereocenters. The Morgan fingerprint density at radius 3 is 2.39 bits per heavy atom. The van der Waals surface area contributed by atoms with E-state index in [0.717, 1.165) is 0 Å². The summed E-state index contributed by atoms with van der Waals surface area (Å²) in [6.45, 7) is 1.47. The summed E-state index contributed by atoms with van der Waals surface area (Å²) in [5.41, 5.74) is 0.802. The van der Waals surface area contributed by atoms with Crippen LogP contribution in [-0.4, -0.2) is 49.0 Å². The van der Waals surface area contributed by atoms with Crippen LogP contribution in [0.1, 0.15) is 23.7 Å². The summed E-state index contributed by atoms with van der Waals surface area (Å²) in [4.78, 5) is 37.6. The van der Waals surface area contributed by atoms with Gasteiger partial charge in [-0.3, -0.25) is 9.59 Å². The Balaban J connectivity index is 2.00. The SMILES string of the molecule is COc1ccc(NC(=O)C(C)OC(=O)C(CCSC)NC(=O)c2ccccc2Cl)cc1. The molecule has 2 atom stereocenters. The van der Waals surface area contributed by atoms with Gasteiger partial charge in [0.05, 0.1) is 17.7 Å². The average molecular weight is 465 g/mol. The minimum Gasteiger partial charge on any atom is -0.497 e. The normalized spacial score (nSPS) is 12.4. The predicted octanol–water partition coefficient (Wildman–Crippen LogP) is 3.77. The lowest BCUT2D eigenvalue weighted by Crippen LogP contribution is -2.44. The number of nitrogens with one attached hydrogen (secondary N) is 2. The molecule has 2 N–H and O–H groups in total. The summed E-state index contributed by atoms with van der Waals surface area (Å²) in [7, 11) is 1.55. The molecular weight excluding hydrogens is 440 g/mol. The van der Waals surface area contributed by atoms with Crippen LogP contribution in [0.4, 0.5) is 5.69 Å². The van der Waals surface area contributed by atoms with Crippen molar-refractivity contribution in [1.29, 1.82) is 0 Å². The Bertz CT molecular complexity index is 907. The van der Waals surface area contributed by atoms with Gasteiger partial charge < -0.3 is 20.1 Å². The summed E-state index contributed by atoms with van der Waals surface area (Å²) >= 11 is 7.60. The second-order valence-electron chi connectivity index (χ2n) is 6.58. The van der Waals surface area contributed by atoms with Gasteiger partial charge in [-0.25, -0.2) is 4.79 Å². The number of halogens is 1. The summed E-state index contributed by atoms with van der Waals surface area (Å²) in [5, 5.41) is 5.61. The number of ether oxygens (including phenoxy) is 2. The lowest BCUT2D eigenvalue weighted by molar-refractivity contribution is -0.155. The Morgan fingerprint density at radius 1 is 1.10 bits per heavy atom. The number of carbonyl (C=O) groups is 3. The molecule has 0 aliphatic carbocycles. The molecule has 0 radical (unpaired) electrons. The molecule has 0 aromatic heterocycles. The highest BCUT2D eigenvalue weighted by Gasteiger charge is 2.27. The van der Waals surface area contributed by atoms with Crippen molar-refractivity contribution in [3.8, 4) is 5.75 Å². The number of thioether (sulfide) groups is 1. The second kappa shape index (κ2) is 12.2. The standard InChI is InChI=1S/C22H25ClN2O5S/c1-14(20(26)24-15-8-10-16(29-2)11-9-15)30-22(28)19(12-13-31-3)25-21(27)17-6-4-5-7-18(17)23/h4-11,14,19H,12-13H2,1-3H3,(H,24,26)(H,25,27). The molecule has 7 nitrogen and oxygen atoms in total. The first kappa shape index (κ1) is 24.6. The molecular formula is C22H25ClN2O5S. The fraction of sp³-hybridized carbons (Fsp3) is 0.318. The largest absolute Gasteiger partial charge is 0.497 e. The monoisotopic (exact) mass is 464 g/mol. The van der Waals surface area contributed by atoms with E-state index in [4.69, 9.17) is 21.1 Å². The van der Waals surface area contributed by atoms with Crippen molar-refractivity contribution in [3.05, 3.63) is 59.1 Å². The molecule has 0 aliphatic heterocycles. The molecule has 0 fully saturated rings. The van der Waals surface area contributed by atoms with Crippen molar-refractivity contribution in [2.75, 3.05) is 24.4 Å². The molecule has 0 aliphatic rings. The molecule has 0 saturated carbocycles. The van der Waals surface area contributed by atoms with Gasteiger partial charge in [0.2, 0.25) is 0 Å². The van der Waals surface area contributed by atoms with Crippen LogP contribution < -0.4 is 15.4 Å².